The van der Waals surface area contributed by atoms with Gasteiger partial charge in [0, 0.05) is 5.69 Å². The molecule has 0 spiro atoms. The molecular weight excluding hydrogens is 351 g/mol. The predicted molar refractivity (Wildman–Crippen MR) is 74.7 cm³/mol. The molecular formula is C14H9F3NO5S-. The smallest absolute Gasteiger partial charge is 0.545 e. The van der Waals surface area contributed by atoms with Crippen LogP contribution in [-0.4, -0.2) is 20.7 Å². The fraction of sp³-hybridized carbons (Fsp3) is 0.0714. The Balaban J connectivity index is 2.15. The zero-order chi connectivity index (χ0) is 18.0. The molecule has 2 rings (SSSR count). The Hall–Kier alpha value is -2.75. The van der Waals surface area contributed by atoms with E-state index < -0.39 is 28.1 Å². The first kappa shape index (κ1) is 17.6. The van der Waals surface area contributed by atoms with Crippen LogP contribution in [0.1, 0.15) is 10.4 Å². The molecule has 0 saturated heterocycles. The summed E-state index contributed by atoms with van der Waals surface area (Å²) in [5, 5.41) is 10.6. The standard InChI is InChI=1S/C14H10F3NO5S/c15-14(16,17)23-11-5-3-10(4-6-11)18-24(21,22)12-7-1-9(2-8-12)13(19)20/h1-8,18H,(H,19,20)/p-1. The molecule has 0 heterocycles. The van der Waals surface area contributed by atoms with Gasteiger partial charge in [-0.1, -0.05) is 12.1 Å². The van der Waals surface area contributed by atoms with E-state index >= 15 is 0 Å². The Morgan fingerprint density at radius 3 is 2.00 bits per heavy atom. The Morgan fingerprint density at radius 1 is 1.00 bits per heavy atom. The van der Waals surface area contributed by atoms with Crippen molar-refractivity contribution in [1.29, 1.82) is 0 Å². The summed E-state index contributed by atoms with van der Waals surface area (Å²) in [7, 11) is -4.03. The van der Waals surface area contributed by atoms with E-state index in [4.69, 9.17) is 0 Å². The summed E-state index contributed by atoms with van der Waals surface area (Å²) in [6.07, 6.45) is -4.85. The normalized spacial score (nSPS) is 11.8. The lowest BCUT2D eigenvalue weighted by Gasteiger charge is -2.11. The van der Waals surface area contributed by atoms with Crippen molar-refractivity contribution < 1.29 is 36.2 Å². The van der Waals surface area contributed by atoms with Crippen molar-refractivity contribution in [1.82, 2.24) is 0 Å². The van der Waals surface area contributed by atoms with Gasteiger partial charge in [0.05, 0.1) is 10.9 Å². The van der Waals surface area contributed by atoms with Crippen LogP contribution < -0.4 is 14.6 Å². The van der Waals surface area contributed by atoms with Gasteiger partial charge in [0.15, 0.2) is 0 Å². The number of carbonyl (C=O) groups excluding carboxylic acids is 1. The number of aromatic carboxylic acids is 1. The van der Waals surface area contributed by atoms with Crippen molar-refractivity contribution in [2.24, 2.45) is 0 Å². The van der Waals surface area contributed by atoms with Crippen LogP contribution in [0.2, 0.25) is 0 Å². The first-order chi connectivity index (χ1) is 11.1. The third-order valence-electron chi connectivity index (χ3n) is 2.74. The second kappa shape index (κ2) is 6.40. The van der Waals surface area contributed by atoms with E-state index in [1.54, 1.807) is 0 Å². The van der Waals surface area contributed by atoms with Gasteiger partial charge in [-0.3, -0.25) is 4.72 Å². The number of halogens is 3. The lowest BCUT2D eigenvalue weighted by atomic mass is 10.2. The van der Waals surface area contributed by atoms with E-state index in [9.17, 15) is 31.5 Å². The monoisotopic (exact) mass is 360 g/mol. The van der Waals surface area contributed by atoms with Crippen LogP contribution in [0.3, 0.4) is 0 Å². The number of anilines is 1. The van der Waals surface area contributed by atoms with E-state index in [0.717, 1.165) is 48.5 Å². The molecule has 0 bridgehead atoms. The van der Waals surface area contributed by atoms with Crippen LogP contribution in [0.5, 0.6) is 5.75 Å². The highest BCUT2D eigenvalue weighted by Gasteiger charge is 2.31. The fourth-order valence-corrected chi connectivity index (χ4v) is 2.77. The number of carboxylic acids is 1. The number of hydrogen-bond donors (Lipinski definition) is 1. The summed E-state index contributed by atoms with van der Waals surface area (Å²) in [4.78, 5) is 10.4. The minimum absolute atomic E-state index is 0.00787. The number of ether oxygens (including phenoxy) is 1. The van der Waals surface area contributed by atoms with Gasteiger partial charge in [-0.25, -0.2) is 8.42 Å². The highest BCUT2D eigenvalue weighted by molar-refractivity contribution is 7.92. The SMILES string of the molecule is O=C([O-])c1ccc(S(=O)(=O)Nc2ccc(OC(F)(F)F)cc2)cc1. The van der Waals surface area contributed by atoms with Crippen LogP contribution in [0, 0.1) is 0 Å². The molecule has 1 N–H and O–H groups in total. The molecule has 0 atom stereocenters. The van der Waals surface area contributed by atoms with Gasteiger partial charge in [-0.15, -0.1) is 13.2 Å². The van der Waals surface area contributed by atoms with Gasteiger partial charge in [-0.2, -0.15) is 0 Å². The lowest BCUT2D eigenvalue weighted by molar-refractivity contribution is -0.274. The molecule has 10 heteroatoms. The van der Waals surface area contributed by atoms with Gasteiger partial charge in [0.25, 0.3) is 10.0 Å². The summed E-state index contributed by atoms with van der Waals surface area (Å²) < 4.78 is 66.2. The predicted octanol–water partition coefficient (Wildman–Crippen LogP) is 1.75. The minimum Gasteiger partial charge on any atom is -0.545 e. The Bertz CT molecular complexity index is 830. The Labute approximate surface area is 134 Å². The van der Waals surface area contributed by atoms with Crippen molar-refractivity contribution >= 4 is 21.7 Å². The second-order valence-corrected chi connectivity index (χ2v) is 6.17. The third kappa shape index (κ3) is 4.62. The van der Waals surface area contributed by atoms with Crippen LogP contribution in [-0.2, 0) is 10.0 Å². The van der Waals surface area contributed by atoms with Crippen LogP contribution in [0.15, 0.2) is 53.4 Å². The maximum atomic E-state index is 12.1. The number of rotatable bonds is 5. The summed E-state index contributed by atoms with van der Waals surface area (Å²) >= 11 is 0. The minimum atomic E-state index is -4.85. The van der Waals surface area contributed by atoms with Crippen molar-refractivity contribution in [3.05, 3.63) is 54.1 Å². The maximum Gasteiger partial charge on any atom is 0.573 e. The van der Waals surface area contributed by atoms with Crippen molar-refractivity contribution in [3.8, 4) is 5.75 Å². The molecule has 0 fully saturated rings. The van der Waals surface area contributed by atoms with Gasteiger partial charge >= 0.3 is 6.36 Å². The number of carboxylic acid groups (broad SMARTS) is 1. The van der Waals surface area contributed by atoms with E-state index in [1.807, 2.05) is 0 Å². The average Bonchev–Trinajstić information content (AvgIpc) is 2.47. The third-order valence-corrected chi connectivity index (χ3v) is 4.14. The number of carbonyl (C=O) groups is 1. The van der Waals surface area contributed by atoms with Gasteiger partial charge in [-0.05, 0) is 42.0 Å². The summed E-state index contributed by atoms with van der Waals surface area (Å²) in [5.41, 5.74) is -0.184. The Morgan fingerprint density at radius 2 is 1.54 bits per heavy atom. The Kier molecular flexibility index (Phi) is 4.69. The molecule has 2 aromatic rings. The van der Waals surface area contributed by atoms with E-state index in [2.05, 4.69) is 9.46 Å². The maximum absolute atomic E-state index is 12.1. The molecule has 0 aliphatic carbocycles. The number of alkyl halides is 3. The molecule has 0 saturated carbocycles. The highest BCUT2D eigenvalue weighted by atomic mass is 32.2. The molecule has 0 aliphatic rings. The molecule has 6 nitrogen and oxygen atoms in total. The molecule has 24 heavy (non-hydrogen) atoms. The van der Waals surface area contributed by atoms with E-state index in [-0.39, 0.29) is 16.1 Å². The second-order valence-electron chi connectivity index (χ2n) is 4.49. The number of hydrogen-bond acceptors (Lipinski definition) is 5. The van der Waals surface area contributed by atoms with Gasteiger partial charge in [0.1, 0.15) is 5.75 Å². The first-order valence-corrected chi connectivity index (χ1v) is 7.75. The molecule has 0 radical (unpaired) electrons. The fourth-order valence-electron chi connectivity index (χ4n) is 1.71. The van der Waals surface area contributed by atoms with Gasteiger partial charge in [0.2, 0.25) is 0 Å². The average molecular weight is 360 g/mol. The molecule has 2 aromatic carbocycles. The summed E-state index contributed by atoms with van der Waals surface area (Å²) in [5.74, 6) is -1.95. The summed E-state index contributed by atoms with van der Waals surface area (Å²) in [6.45, 7) is 0. The van der Waals surface area contributed by atoms with Crippen molar-refractivity contribution in [2.75, 3.05) is 4.72 Å². The van der Waals surface area contributed by atoms with Crippen molar-refractivity contribution in [2.45, 2.75) is 11.3 Å². The highest BCUT2D eigenvalue weighted by Crippen LogP contribution is 2.25. The zero-order valence-corrected chi connectivity index (χ0v) is 12.5. The van der Waals surface area contributed by atoms with Crippen LogP contribution >= 0.6 is 0 Å². The molecule has 0 unspecified atom stereocenters. The number of sulfonamides is 1. The quantitative estimate of drug-likeness (QED) is 0.876. The largest absolute Gasteiger partial charge is 0.573 e. The lowest BCUT2D eigenvalue weighted by Crippen LogP contribution is -2.22. The molecule has 128 valence electrons. The van der Waals surface area contributed by atoms with E-state index in [1.165, 1.54) is 0 Å². The number of benzene rings is 2. The molecule has 0 amide bonds. The zero-order valence-electron chi connectivity index (χ0n) is 11.7. The summed E-state index contributed by atoms with van der Waals surface area (Å²) in [6, 6.07) is 8.33. The van der Waals surface area contributed by atoms with E-state index in [0.29, 0.717) is 0 Å². The van der Waals surface area contributed by atoms with Crippen LogP contribution in [0.25, 0.3) is 0 Å². The molecule has 0 aliphatic heterocycles. The first-order valence-electron chi connectivity index (χ1n) is 6.27. The number of nitrogens with one attached hydrogen (secondary N) is 1. The van der Waals surface area contributed by atoms with Gasteiger partial charge < -0.3 is 14.6 Å². The molecule has 0 aromatic heterocycles. The van der Waals surface area contributed by atoms with Crippen molar-refractivity contribution in [3.63, 3.8) is 0 Å². The van der Waals surface area contributed by atoms with Crippen LogP contribution in [0.4, 0.5) is 18.9 Å². The topological polar surface area (TPSA) is 95.5 Å².